The molecule has 0 aliphatic heterocycles. The summed E-state index contributed by atoms with van der Waals surface area (Å²) in [4.78, 5) is 2.33. The summed E-state index contributed by atoms with van der Waals surface area (Å²) in [7, 11) is 3.90. The van der Waals surface area contributed by atoms with Crippen LogP contribution in [-0.4, -0.2) is 44.8 Å². The van der Waals surface area contributed by atoms with Gasteiger partial charge in [-0.3, -0.25) is 0 Å². The predicted octanol–water partition coefficient (Wildman–Crippen LogP) is 1.08. The first-order valence-electron chi connectivity index (χ1n) is 5.10. The molecule has 3 nitrogen and oxygen atoms in total. The van der Waals surface area contributed by atoms with Crippen molar-refractivity contribution in [3.05, 3.63) is 0 Å². The number of hydrogen-bond acceptors (Lipinski definition) is 3. The van der Waals surface area contributed by atoms with Crippen LogP contribution in [0.15, 0.2) is 0 Å². The summed E-state index contributed by atoms with van der Waals surface area (Å²) in [6.07, 6.45) is 3.45. The van der Waals surface area contributed by atoms with E-state index >= 15 is 0 Å². The van der Waals surface area contributed by atoms with Crippen molar-refractivity contribution >= 4 is 0 Å². The molecule has 1 atom stereocenters. The number of methoxy groups -OCH3 is 1. The summed E-state index contributed by atoms with van der Waals surface area (Å²) >= 11 is 0. The standard InChI is InChI=1S/C10H24N2O/c1-10(11)6-8-12(2)7-4-5-9-13-3/h10H,4-9,11H2,1-3H3. The lowest BCUT2D eigenvalue weighted by atomic mass is 10.2. The van der Waals surface area contributed by atoms with Gasteiger partial charge in [0.1, 0.15) is 0 Å². The quantitative estimate of drug-likeness (QED) is 0.579. The molecule has 0 spiro atoms. The number of nitrogens with zero attached hydrogens (tertiary/aromatic N) is 1. The minimum atomic E-state index is 0.321. The number of rotatable bonds is 8. The maximum Gasteiger partial charge on any atom is 0.0462 e. The third-order valence-corrected chi connectivity index (χ3v) is 2.10. The molecule has 0 bridgehead atoms. The molecule has 2 N–H and O–H groups in total. The monoisotopic (exact) mass is 188 g/mol. The van der Waals surface area contributed by atoms with Crippen LogP contribution in [0.5, 0.6) is 0 Å². The van der Waals surface area contributed by atoms with Gasteiger partial charge in [-0.15, -0.1) is 0 Å². The molecule has 0 aliphatic rings. The molecule has 0 fully saturated rings. The van der Waals surface area contributed by atoms with Gasteiger partial charge in [0.15, 0.2) is 0 Å². The average molecular weight is 188 g/mol. The molecule has 0 aromatic rings. The molecule has 3 heteroatoms. The van der Waals surface area contributed by atoms with E-state index in [-0.39, 0.29) is 0 Å². The zero-order valence-corrected chi connectivity index (χ0v) is 9.25. The van der Waals surface area contributed by atoms with E-state index in [1.165, 1.54) is 6.42 Å². The van der Waals surface area contributed by atoms with Crippen LogP contribution in [0.3, 0.4) is 0 Å². The molecule has 1 unspecified atom stereocenters. The Morgan fingerprint density at radius 3 is 2.54 bits per heavy atom. The van der Waals surface area contributed by atoms with E-state index in [1.54, 1.807) is 7.11 Å². The van der Waals surface area contributed by atoms with Gasteiger partial charge in [0.25, 0.3) is 0 Å². The van der Waals surface area contributed by atoms with E-state index in [2.05, 4.69) is 18.9 Å². The van der Waals surface area contributed by atoms with Gasteiger partial charge in [0.05, 0.1) is 0 Å². The summed E-state index contributed by atoms with van der Waals surface area (Å²) < 4.78 is 4.98. The first-order chi connectivity index (χ1) is 6.16. The second kappa shape index (κ2) is 8.48. The van der Waals surface area contributed by atoms with Crippen LogP contribution in [0.25, 0.3) is 0 Å². The number of hydrogen-bond donors (Lipinski definition) is 1. The Labute approximate surface area is 82.2 Å². The molecule has 0 radical (unpaired) electrons. The molecule has 0 aromatic carbocycles. The fourth-order valence-corrected chi connectivity index (χ4v) is 1.16. The van der Waals surface area contributed by atoms with Crippen molar-refractivity contribution in [3.63, 3.8) is 0 Å². The highest BCUT2D eigenvalue weighted by Crippen LogP contribution is 1.95. The SMILES string of the molecule is COCCCCN(C)CCC(C)N. The minimum Gasteiger partial charge on any atom is -0.385 e. The fraction of sp³-hybridized carbons (Fsp3) is 1.00. The van der Waals surface area contributed by atoms with E-state index in [0.29, 0.717) is 6.04 Å². The van der Waals surface area contributed by atoms with Gasteiger partial charge in [-0.05, 0) is 46.3 Å². The van der Waals surface area contributed by atoms with Crippen molar-refractivity contribution in [2.24, 2.45) is 5.73 Å². The van der Waals surface area contributed by atoms with Crippen LogP contribution in [0, 0.1) is 0 Å². The summed E-state index contributed by atoms with van der Waals surface area (Å²) in [5.41, 5.74) is 5.67. The van der Waals surface area contributed by atoms with E-state index < -0.39 is 0 Å². The summed E-state index contributed by atoms with van der Waals surface area (Å²) in [6, 6.07) is 0.321. The molecule has 0 aromatic heterocycles. The van der Waals surface area contributed by atoms with E-state index in [9.17, 15) is 0 Å². The van der Waals surface area contributed by atoms with Gasteiger partial charge in [-0.1, -0.05) is 0 Å². The van der Waals surface area contributed by atoms with Crippen LogP contribution in [-0.2, 0) is 4.74 Å². The number of nitrogens with two attached hydrogens (primary N) is 1. The number of ether oxygens (including phenoxy) is 1. The summed E-state index contributed by atoms with van der Waals surface area (Å²) in [5, 5.41) is 0. The zero-order valence-electron chi connectivity index (χ0n) is 9.25. The van der Waals surface area contributed by atoms with E-state index in [0.717, 1.165) is 32.5 Å². The first kappa shape index (κ1) is 12.9. The Morgan fingerprint density at radius 1 is 1.31 bits per heavy atom. The highest BCUT2D eigenvalue weighted by Gasteiger charge is 1.99. The van der Waals surface area contributed by atoms with Crippen molar-refractivity contribution in [1.82, 2.24) is 4.90 Å². The van der Waals surface area contributed by atoms with Crippen LogP contribution >= 0.6 is 0 Å². The molecule has 0 heterocycles. The van der Waals surface area contributed by atoms with Gasteiger partial charge in [0.2, 0.25) is 0 Å². The smallest absolute Gasteiger partial charge is 0.0462 e. The lowest BCUT2D eigenvalue weighted by Gasteiger charge is -2.17. The maximum atomic E-state index is 5.67. The van der Waals surface area contributed by atoms with Crippen LogP contribution in [0.1, 0.15) is 26.2 Å². The number of unbranched alkanes of at least 4 members (excludes halogenated alkanes) is 1. The normalized spacial score (nSPS) is 13.6. The van der Waals surface area contributed by atoms with Crippen molar-refractivity contribution in [2.75, 3.05) is 33.9 Å². The molecule has 13 heavy (non-hydrogen) atoms. The molecule has 0 amide bonds. The lowest BCUT2D eigenvalue weighted by molar-refractivity contribution is 0.187. The van der Waals surface area contributed by atoms with Gasteiger partial charge in [-0.25, -0.2) is 0 Å². The Balaban J connectivity index is 3.15. The second-order valence-corrected chi connectivity index (χ2v) is 3.77. The van der Waals surface area contributed by atoms with Gasteiger partial charge in [-0.2, -0.15) is 0 Å². The largest absolute Gasteiger partial charge is 0.385 e. The highest BCUT2D eigenvalue weighted by molar-refractivity contribution is 4.58. The fourth-order valence-electron chi connectivity index (χ4n) is 1.16. The lowest BCUT2D eigenvalue weighted by Crippen LogP contribution is -2.26. The third-order valence-electron chi connectivity index (χ3n) is 2.10. The summed E-state index contributed by atoms with van der Waals surface area (Å²) in [5.74, 6) is 0. The van der Waals surface area contributed by atoms with Crippen molar-refractivity contribution < 1.29 is 4.74 Å². The molecular formula is C10H24N2O. The van der Waals surface area contributed by atoms with Crippen LogP contribution < -0.4 is 5.73 Å². The molecule has 0 saturated heterocycles. The molecular weight excluding hydrogens is 164 g/mol. The van der Waals surface area contributed by atoms with E-state index in [4.69, 9.17) is 10.5 Å². The molecule has 0 rings (SSSR count). The Hall–Kier alpha value is -0.120. The van der Waals surface area contributed by atoms with Crippen molar-refractivity contribution in [1.29, 1.82) is 0 Å². The zero-order chi connectivity index (χ0) is 10.1. The van der Waals surface area contributed by atoms with Gasteiger partial charge < -0.3 is 15.4 Å². The Morgan fingerprint density at radius 2 is 2.00 bits per heavy atom. The van der Waals surface area contributed by atoms with Gasteiger partial charge >= 0.3 is 0 Å². The maximum absolute atomic E-state index is 5.67. The van der Waals surface area contributed by atoms with Crippen molar-refractivity contribution in [3.8, 4) is 0 Å². The van der Waals surface area contributed by atoms with Crippen LogP contribution in [0.4, 0.5) is 0 Å². The third kappa shape index (κ3) is 9.80. The first-order valence-corrected chi connectivity index (χ1v) is 5.10. The highest BCUT2D eigenvalue weighted by atomic mass is 16.5. The van der Waals surface area contributed by atoms with Gasteiger partial charge in [0, 0.05) is 19.8 Å². The summed E-state index contributed by atoms with van der Waals surface area (Å²) in [6.45, 7) is 5.18. The van der Waals surface area contributed by atoms with Crippen molar-refractivity contribution in [2.45, 2.75) is 32.2 Å². The van der Waals surface area contributed by atoms with E-state index in [1.807, 2.05) is 0 Å². The Kier molecular flexibility index (Phi) is 8.40. The second-order valence-electron chi connectivity index (χ2n) is 3.77. The minimum absolute atomic E-state index is 0.321. The topological polar surface area (TPSA) is 38.5 Å². The molecule has 0 saturated carbocycles. The predicted molar refractivity (Wildman–Crippen MR) is 56.9 cm³/mol. The van der Waals surface area contributed by atoms with Crippen LogP contribution in [0.2, 0.25) is 0 Å². The average Bonchev–Trinajstić information content (AvgIpc) is 2.09. The molecule has 0 aliphatic carbocycles. The molecule has 80 valence electrons. The Bertz CT molecular complexity index is 107.